The molecule has 4 unspecified atom stereocenters. The van der Waals surface area contributed by atoms with Gasteiger partial charge in [0.05, 0.1) is 18.1 Å². The van der Waals surface area contributed by atoms with Crippen molar-refractivity contribution in [2.45, 2.75) is 121 Å². The molecule has 1 saturated carbocycles. The van der Waals surface area contributed by atoms with Crippen LogP contribution in [-0.2, 0) is 22.0 Å². The van der Waals surface area contributed by atoms with Crippen LogP contribution in [0, 0.1) is 11.8 Å². The third-order valence-electron chi connectivity index (χ3n) is 12.1. The largest absolute Gasteiger partial charge is 0.448 e. The third-order valence-corrected chi connectivity index (χ3v) is 17.1. The van der Waals surface area contributed by atoms with Gasteiger partial charge in [-0.1, -0.05) is 151 Å². The van der Waals surface area contributed by atoms with Crippen LogP contribution < -0.4 is 15.7 Å². The molecule has 1 amide bonds. The predicted octanol–water partition coefficient (Wildman–Crippen LogP) is 8.78. The van der Waals surface area contributed by atoms with Gasteiger partial charge in [0.2, 0.25) is 5.89 Å². The molecule has 276 valence electrons. The van der Waals surface area contributed by atoms with E-state index in [2.05, 4.69) is 111 Å². The quantitative estimate of drug-likeness (QED) is 0.0983. The van der Waals surface area contributed by atoms with Gasteiger partial charge < -0.3 is 18.9 Å². The Morgan fingerprint density at radius 2 is 1.54 bits per heavy atom. The van der Waals surface area contributed by atoms with Gasteiger partial charge in [-0.15, -0.1) is 0 Å². The number of nitrogens with zero attached hydrogens (tertiary/aromatic N) is 1. The van der Waals surface area contributed by atoms with Crippen molar-refractivity contribution in [2.75, 3.05) is 13.2 Å². The number of carbonyl (C=O) groups excluding carboxylic acids is 1. The van der Waals surface area contributed by atoms with Crippen molar-refractivity contribution in [3.8, 4) is 0 Å². The Hall–Kier alpha value is -3.52. The smallest absolute Gasteiger partial charge is 0.273 e. The Kier molecular flexibility index (Phi) is 11.8. The second-order valence-corrected chi connectivity index (χ2v) is 20.9. The average molecular weight is 719 g/mol. The average Bonchev–Trinajstić information content (AvgIpc) is 3.92. The zero-order chi connectivity index (χ0) is 36.0. The zero-order valence-electron chi connectivity index (χ0n) is 31.5. The molecule has 4 atom stereocenters. The number of carbonyl (C=O) groups is 1. The molecule has 7 heteroatoms. The van der Waals surface area contributed by atoms with Crippen molar-refractivity contribution in [3.05, 3.63) is 114 Å². The molecular weight excluding hydrogens is 661 g/mol. The third kappa shape index (κ3) is 8.17. The second kappa shape index (κ2) is 16.7. The summed E-state index contributed by atoms with van der Waals surface area (Å²) in [7, 11) is -2.59. The fraction of sp³-hybridized carbons (Fsp3) is 0.511. The topological polar surface area (TPSA) is 73.6 Å². The number of aromatic nitrogens is 1. The summed E-state index contributed by atoms with van der Waals surface area (Å²) in [5.41, 5.74) is 2.96. The van der Waals surface area contributed by atoms with Crippen LogP contribution in [0.25, 0.3) is 0 Å². The highest BCUT2D eigenvalue weighted by Crippen LogP contribution is 2.50. The van der Waals surface area contributed by atoms with E-state index in [-0.39, 0.29) is 35.0 Å². The van der Waals surface area contributed by atoms with Gasteiger partial charge >= 0.3 is 0 Å². The molecule has 3 heterocycles. The molecule has 2 saturated heterocycles. The monoisotopic (exact) mass is 718 g/mol. The van der Waals surface area contributed by atoms with Gasteiger partial charge in [-0.25, -0.2) is 4.98 Å². The molecule has 0 spiro atoms. The molecule has 3 fully saturated rings. The fourth-order valence-corrected chi connectivity index (χ4v) is 14.1. The van der Waals surface area contributed by atoms with Crippen molar-refractivity contribution >= 4 is 24.6 Å². The summed E-state index contributed by atoms with van der Waals surface area (Å²) in [6, 6.07) is 30.7. The lowest BCUT2D eigenvalue weighted by Gasteiger charge is -2.43. The maximum Gasteiger partial charge on any atom is 0.273 e. The fourth-order valence-electron chi connectivity index (χ4n) is 9.52. The molecule has 1 aromatic heterocycles. The van der Waals surface area contributed by atoms with Gasteiger partial charge in [-0.3, -0.25) is 4.79 Å². The number of nitrogens with one attached hydrogen (secondary N) is 1. The van der Waals surface area contributed by atoms with Gasteiger partial charge in [0.1, 0.15) is 6.26 Å². The first-order valence-corrected chi connectivity index (χ1v) is 21.9. The number of amides is 1. The van der Waals surface area contributed by atoms with Crippen LogP contribution in [0.15, 0.2) is 95.6 Å². The molecule has 3 aliphatic rings. The van der Waals surface area contributed by atoms with Gasteiger partial charge in [0.15, 0.2) is 5.69 Å². The summed E-state index contributed by atoms with van der Waals surface area (Å²) in [4.78, 5) is 17.8. The Morgan fingerprint density at radius 3 is 2.25 bits per heavy atom. The van der Waals surface area contributed by atoms with Crippen molar-refractivity contribution in [1.29, 1.82) is 0 Å². The molecule has 4 aromatic rings. The number of rotatable bonds is 15. The number of benzene rings is 3. The summed E-state index contributed by atoms with van der Waals surface area (Å²) in [5.74, 6) is 1.71. The van der Waals surface area contributed by atoms with Gasteiger partial charge in [-0.05, 0) is 64.6 Å². The van der Waals surface area contributed by atoms with Crippen LogP contribution in [-0.4, -0.2) is 44.6 Å². The summed E-state index contributed by atoms with van der Waals surface area (Å²) >= 11 is 0. The lowest BCUT2D eigenvalue weighted by Crippen LogP contribution is -2.66. The lowest BCUT2D eigenvalue weighted by molar-refractivity contribution is 0.0898. The molecule has 3 aromatic carbocycles. The van der Waals surface area contributed by atoms with E-state index in [9.17, 15) is 4.79 Å². The van der Waals surface area contributed by atoms with Crippen LogP contribution in [0.1, 0.15) is 118 Å². The van der Waals surface area contributed by atoms with Crippen molar-refractivity contribution in [1.82, 2.24) is 10.3 Å². The Morgan fingerprint density at radius 1 is 0.846 bits per heavy atom. The number of fused-ring (bicyclic) bond motifs is 2. The summed E-state index contributed by atoms with van der Waals surface area (Å²) in [5, 5.41) is 5.65. The number of hydrogen-bond acceptors (Lipinski definition) is 5. The number of unbranched alkanes of at least 4 members (excludes halogenated alkanes) is 1. The van der Waals surface area contributed by atoms with E-state index in [4.69, 9.17) is 18.6 Å². The zero-order valence-corrected chi connectivity index (χ0v) is 32.5. The molecular formula is C45H58N2O4Si. The van der Waals surface area contributed by atoms with Gasteiger partial charge in [0, 0.05) is 19.1 Å². The summed E-state index contributed by atoms with van der Waals surface area (Å²) in [6.07, 6.45) is 16.0. The first-order valence-electron chi connectivity index (χ1n) is 20.0. The van der Waals surface area contributed by atoms with E-state index in [1.165, 1.54) is 66.4 Å². The lowest BCUT2D eigenvalue weighted by atomic mass is 9.76. The predicted molar refractivity (Wildman–Crippen MR) is 211 cm³/mol. The van der Waals surface area contributed by atoms with Crippen LogP contribution in [0.4, 0.5) is 0 Å². The normalized spacial score (nSPS) is 22.1. The Bertz CT molecular complexity index is 1690. The molecule has 52 heavy (non-hydrogen) atoms. The van der Waals surface area contributed by atoms with E-state index < -0.39 is 8.32 Å². The van der Waals surface area contributed by atoms with Crippen molar-refractivity contribution in [3.63, 3.8) is 0 Å². The Labute approximate surface area is 312 Å². The molecule has 2 aliphatic heterocycles. The van der Waals surface area contributed by atoms with Gasteiger partial charge in [0.25, 0.3) is 14.2 Å². The standard InChI is InChI=1S/C45H58N2O4Si/c1-45(2,3)52(36-21-9-5-10-22-36,37-23-11-6-12-24-37)50-29-27-34-19-15-20-35(30-34)31-38-40-25-26-41(51-40)42(38)44-47-39(32-49-44)43(48)46-28-14-13-18-33-16-7-4-8-17-33/h5-6,9-12,15,19-24,30,32-33,38,40-42H,4,7-8,13-14,16-18,25-29,31H2,1-3H3,(H,46,48). The van der Waals surface area contributed by atoms with E-state index in [0.29, 0.717) is 24.7 Å². The van der Waals surface area contributed by atoms with E-state index in [1.54, 1.807) is 6.26 Å². The van der Waals surface area contributed by atoms with Gasteiger partial charge in [-0.2, -0.15) is 0 Å². The summed E-state index contributed by atoms with van der Waals surface area (Å²) < 4.78 is 19.7. The maximum atomic E-state index is 13.0. The maximum absolute atomic E-state index is 13.0. The van der Waals surface area contributed by atoms with Crippen molar-refractivity contribution in [2.24, 2.45) is 11.8 Å². The van der Waals surface area contributed by atoms with Crippen LogP contribution in [0.2, 0.25) is 5.04 Å². The van der Waals surface area contributed by atoms with E-state index in [1.807, 2.05) is 0 Å². The highest BCUT2D eigenvalue weighted by molar-refractivity contribution is 6.99. The number of ether oxygens (including phenoxy) is 1. The second-order valence-electron chi connectivity index (χ2n) is 16.6. The molecule has 6 nitrogen and oxygen atoms in total. The minimum atomic E-state index is -2.59. The van der Waals surface area contributed by atoms with E-state index >= 15 is 0 Å². The van der Waals surface area contributed by atoms with Crippen LogP contribution in [0.3, 0.4) is 0 Å². The summed E-state index contributed by atoms with van der Waals surface area (Å²) in [6.45, 7) is 8.33. The molecule has 1 aliphatic carbocycles. The molecule has 1 N–H and O–H groups in total. The minimum Gasteiger partial charge on any atom is -0.448 e. The van der Waals surface area contributed by atoms with Crippen LogP contribution in [0.5, 0.6) is 0 Å². The van der Waals surface area contributed by atoms with E-state index in [0.717, 1.165) is 38.0 Å². The molecule has 7 rings (SSSR count). The SMILES string of the molecule is CC(C)(C)[Si](OCCc1cccc(CC2C3CCC(O3)C2c2nc(C(=O)NCCCCC3CCCCC3)co2)c1)(c1ccccc1)c1ccccc1. The van der Waals surface area contributed by atoms with Crippen LogP contribution >= 0.6 is 0 Å². The minimum absolute atomic E-state index is 0.0527. The molecule has 0 radical (unpaired) electrons. The number of oxazole rings is 1. The molecule has 2 bridgehead atoms. The first-order chi connectivity index (χ1) is 25.3. The Balaban J connectivity index is 0.980. The first kappa shape index (κ1) is 36.8. The number of hydrogen-bond donors (Lipinski definition) is 1. The highest BCUT2D eigenvalue weighted by Gasteiger charge is 2.52. The van der Waals surface area contributed by atoms with Crippen molar-refractivity contribution < 1.29 is 18.4 Å². The highest BCUT2D eigenvalue weighted by atomic mass is 28.4.